The summed E-state index contributed by atoms with van der Waals surface area (Å²) < 4.78 is 10.3. The van der Waals surface area contributed by atoms with Crippen LogP contribution in [-0.4, -0.2) is 23.2 Å². The molecule has 1 aliphatic carbocycles. The van der Waals surface area contributed by atoms with Gasteiger partial charge in [0.15, 0.2) is 0 Å². The van der Waals surface area contributed by atoms with Crippen LogP contribution >= 0.6 is 11.3 Å². The number of nitrogens with zero attached hydrogens (tertiary/aromatic N) is 2. The molecule has 1 aliphatic rings. The number of esters is 1. The molecule has 1 fully saturated rings. The normalized spacial score (nSPS) is 14.5. The summed E-state index contributed by atoms with van der Waals surface area (Å²) in [5.41, 5.74) is 2.42. The summed E-state index contributed by atoms with van der Waals surface area (Å²) in [6.07, 6.45) is 2.16. The zero-order valence-corrected chi connectivity index (χ0v) is 12.1. The number of methoxy groups -OCH3 is 1. The van der Waals surface area contributed by atoms with E-state index in [2.05, 4.69) is 10.1 Å². The first-order chi connectivity index (χ1) is 10.3. The molecular weight excluding hydrogens is 288 g/mol. The SMILES string of the molecule is COC(=O)c1cc(-c2cccs2)nc2onc(C3CC3)c12. The van der Waals surface area contributed by atoms with E-state index in [0.717, 1.165) is 23.4 Å². The fourth-order valence-electron chi connectivity index (χ4n) is 2.43. The van der Waals surface area contributed by atoms with E-state index in [1.165, 1.54) is 7.11 Å². The van der Waals surface area contributed by atoms with Crippen molar-refractivity contribution < 1.29 is 14.1 Å². The van der Waals surface area contributed by atoms with Crippen molar-refractivity contribution in [1.82, 2.24) is 10.1 Å². The largest absolute Gasteiger partial charge is 0.465 e. The Morgan fingerprint density at radius 1 is 1.48 bits per heavy atom. The van der Waals surface area contributed by atoms with Crippen LogP contribution in [0.2, 0.25) is 0 Å². The molecule has 5 nitrogen and oxygen atoms in total. The van der Waals surface area contributed by atoms with Gasteiger partial charge in [-0.1, -0.05) is 11.2 Å². The quantitative estimate of drug-likeness (QED) is 0.691. The first-order valence-corrected chi connectivity index (χ1v) is 7.58. The van der Waals surface area contributed by atoms with Gasteiger partial charge in [-0.25, -0.2) is 9.78 Å². The van der Waals surface area contributed by atoms with Gasteiger partial charge in [0.1, 0.15) is 0 Å². The second-order valence-electron chi connectivity index (χ2n) is 5.05. The number of fused-ring (bicyclic) bond motifs is 1. The molecule has 0 atom stereocenters. The summed E-state index contributed by atoms with van der Waals surface area (Å²) in [6.45, 7) is 0. The highest BCUT2D eigenvalue weighted by molar-refractivity contribution is 7.13. The van der Waals surface area contributed by atoms with Gasteiger partial charge in [0.25, 0.3) is 5.71 Å². The maximum absolute atomic E-state index is 12.1. The summed E-state index contributed by atoms with van der Waals surface area (Å²) in [6, 6.07) is 5.67. The van der Waals surface area contributed by atoms with E-state index < -0.39 is 0 Å². The maximum Gasteiger partial charge on any atom is 0.338 e. The molecule has 0 aromatic carbocycles. The van der Waals surface area contributed by atoms with Crippen molar-refractivity contribution >= 4 is 28.4 Å². The minimum atomic E-state index is -0.384. The summed E-state index contributed by atoms with van der Waals surface area (Å²) in [4.78, 5) is 17.6. The minimum Gasteiger partial charge on any atom is -0.465 e. The van der Waals surface area contributed by atoms with E-state index in [9.17, 15) is 4.79 Å². The van der Waals surface area contributed by atoms with Crippen molar-refractivity contribution in [2.45, 2.75) is 18.8 Å². The smallest absolute Gasteiger partial charge is 0.338 e. The fourth-order valence-corrected chi connectivity index (χ4v) is 3.12. The Morgan fingerprint density at radius 3 is 3.00 bits per heavy atom. The Labute approximate surface area is 124 Å². The molecule has 106 valence electrons. The molecule has 0 aliphatic heterocycles. The lowest BCUT2D eigenvalue weighted by molar-refractivity contribution is 0.0603. The standard InChI is InChI=1S/C15H12N2O3S/c1-19-15(18)9-7-10(11-3-2-6-21-11)16-14-12(9)13(17-20-14)8-4-5-8/h2-3,6-8H,4-5H2,1H3. The van der Waals surface area contributed by atoms with Gasteiger partial charge in [0.2, 0.25) is 0 Å². The fraction of sp³-hybridized carbons (Fsp3) is 0.267. The predicted octanol–water partition coefficient (Wildman–Crippen LogP) is 3.62. The number of pyridine rings is 1. The average Bonchev–Trinajstić information content (AvgIpc) is 3.05. The van der Waals surface area contributed by atoms with E-state index in [1.807, 2.05) is 17.5 Å². The lowest BCUT2D eigenvalue weighted by atomic mass is 10.1. The molecule has 3 aromatic heterocycles. The molecule has 3 aromatic rings. The third-order valence-electron chi connectivity index (χ3n) is 3.62. The molecule has 0 spiro atoms. The highest BCUT2D eigenvalue weighted by Gasteiger charge is 2.32. The van der Waals surface area contributed by atoms with E-state index in [-0.39, 0.29) is 5.97 Å². The summed E-state index contributed by atoms with van der Waals surface area (Å²) in [5, 5.41) is 6.78. The highest BCUT2D eigenvalue weighted by atomic mass is 32.1. The third-order valence-corrected chi connectivity index (χ3v) is 4.51. The zero-order chi connectivity index (χ0) is 14.4. The molecule has 0 saturated heterocycles. The van der Waals surface area contributed by atoms with Crippen molar-refractivity contribution in [2.75, 3.05) is 7.11 Å². The van der Waals surface area contributed by atoms with Gasteiger partial charge in [-0.3, -0.25) is 0 Å². The van der Waals surface area contributed by atoms with Crippen LogP contribution < -0.4 is 0 Å². The molecule has 6 heteroatoms. The Balaban J connectivity index is 1.98. The number of aromatic nitrogens is 2. The lowest BCUT2D eigenvalue weighted by Crippen LogP contribution is -2.04. The second kappa shape index (κ2) is 4.66. The van der Waals surface area contributed by atoms with Gasteiger partial charge < -0.3 is 9.26 Å². The second-order valence-corrected chi connectivity index (χ2v) is 5.99. The van der Waals surface area contributed by atoms with Gasteiger partial charge in [-0.05, 0) is 30.4 Å². The highest BCUT2D eigenvalue weighted by Crippen LogP contribution is 2.43. The Hall–Kier alpha value is -2.21. The summed E-state index contributed by atoms with van der Waals surface area (Å²) in [7, 11) is 1.38. The topological polar surface area (TPSA) is 65.2 Å². The molecule has 0 unspecified atom stereocenters. The van der Waals surface area contributed by atoms with E-state index in [1.54, 1.807) is 17.4 Å². The number of ether oxygens (including phenoxy) is 1. The van der Waals surface area contributed by atoms with Crippen LogP contribution in [0.3, 0.4) is 0 Å². The van der Waals surface area contributed by atoms with Crippen LogP contribution in [0.15, 0.2) is 28.1 Å². The molecule has 0 N–H and O–H groups in total. The van der Waals surface area contributed by atoms with E-state index >= 15 is 0 Å². The van der Waals surface area contributed by atoms with Crippen molar-refractivity contribution in [3.63, 3.8) is 0 Å². The number of rotatable bonds is 3. The Bertz CT molecular complexity index is 819. The van der Waals surface area contributed by atoms with Gasteiger partial charge in [0, 0.05) is 5.92 Å². The molecule has 0 bridgehead atoms. The van der Waals surface area contributed by atoms with Gasteiger partial charge in [-0.15, -0.1) is 11.3 Å². The van der Waals surface area contributed by atoms with Crippen molar-refractivity contribution in [3.05, 3.63) is 34.8 Å². The predicted molar refractivity (Wildman–Crippen MR) is 78.4 cm³/mol. The molecule has 21 heavy (non-hydrogen) atoms. The minimum absolute atomic E-state index is 0.379. The molecule has 0 amide bonds. The molecule has 3 heterocycles. The maximum atomic E-state index is 12.1. The van der Waals surface area contributed by atoms with Crippen LogP contribution in [0, 0.1) is 0 Å². The van der Waals surface area contributed by atoms with Crippen molar-refractivity contribution in [2.24, 2.45) is 0 Å². The van der Waals surface area contributed by atoms with Crippen LogP contribution in [0.25, 0.3) is 21.7 Å². The number of hydrogen-bond acceptors (Lipinski definition) is 6. The third kappa shape index (κ3) is 2.03. The van der Waals surface area contributed by atoms with Crippen LogP contribution in [0.4, 0.5) is 0 Å². The van der Waals surface area contributed by atoms with Gasteiger partial charge >= 0.3 is 5.97 Å². The van der Waals surface area contributed by atoms with Gasteiger partial charge in [-0.2, -0.15) is 0 Å². The summed E-state index contributed by atoms with van der Waals surface area (Å²) in [5.74, 6) is -0.00523. The van der Waals surface area contributed by atoms with Crippen LogP contribution in [0.1, 0.15) is 34.8 Å². The number of carbonyl (C=O) groups excluding carboxylic acids is 1. The zero-order valence-electron chi connectivity index (χ0n) is 11.3. The molecule has 0 radical (unpaired) electrons. The molecule has 1 saturated carbocycles. The van der Waals surface area contributed by atoms with E-state index in [0.29, 0.717) is 28.3 Å². The first kappa shape index (κ1) is 12.5. The number of hydrogen-bond donors (Lipinski definition) is 0. The van der Waals surface area contributed by atoms with Crippen LogP contribution in [-0.2, 0) is 4.74 Å². The molecular formula is C15H12N2O3S. The number of thiophene rings is 1. The Morgan fingerprint density at radius 2 is 2.33 bits per heavy atom. The van der Waals surface area contributed by atoms with Crippen molar-refractivity contribution in [1.29, 1.82) is 0 Å². The monoisotopic (exact) mass is 300 g/mol. The molecule has 4 rings (SSSR count). The van der Waals surface area contributed by atoms with Crippen LogP contribution in [0.5, 0.6) is 0 Å². The van der Waals surface area contributed by atoms with Gasteiger partial charge in [0.05, 0.1) is 34.3 Å². The van der Waals surface area contributed by atoms with Crippen molar-refractivity contribution in [3.8, 4) is 10.6 Å². The number of carbonyl (C=O) groups is 1. The first-order valence-electron chi connectivity index (χ1n) is 6.70. The average molecular weight is 300 g/mol. The Kier molecular flexibility index (Phi) is 2.78. The van der Waals surface area contributed by atoms with E-state index in [4.69, 9.17) is 9.26 Å². The summed E-state index contributed by atoms with van der Waals surface area (Å²) >= 11 is 1.56. The lowest BCUT2D eigenvalue weighted by Gasteiger charge is -2.04.